The average molecular weight is 575 g/mol. The van der Waals surface area contributed by atoms with Crippen LogP contribution in [0.2, 0.25) is 15.1 Å². The minimum atomic E-state index is -1.34. The van der Waals surface area contributed by atoms with Gasteiger partial charge in [-0.1, -0.05) is 34.8 Å². The lowest BCUT2D eigenvalue weighted by molar-refractivity contribution is -0.117. The van der Waals surface area contributed by atoms with Gasteiger partial charge in [0.15, 0.2) is 0 Å². The molecular formula is C25H18Cl5FN2O2. The van der Waals surface area contributed by atoms with E-state index in [2.05, 4.69) is 10.6 Å². The van der Waals surface area contributed by atoms with Crippen molar-refractivity contribution in [3.05, 3.63) is 91.7 Å². The predicted octanol–water partition coefficient (Wildman–Crippen LogP) is 8.18. The molecule has 2 N–H and O–H groups in total. The van der Waals surface area contributed by atoms with Gasteiger partial charge in [0.2, 0.25) is 5.91 Å². The van der Waals surface area contributed by atoms with Gasteiger partial charge >= 0.3 is 0 Å². The summed E-state index contributed by atoms with van der Waals surface area (Å²) in [6.07, 6.45) is 0. The first-order valence-corrected chi connectivity index (χ1v) is 12.3. The third-order valence-corrected chi connectivity index (χ3v) is 7.73. The van der Waals surface area contributed by atoms with Gasteiger partial charge in [0.1, 0.15) is 10.2 Å². The van der Waals surface area contributed by atoms with Crippen LogP contribution >= 0.6 is 58.0 Å². The summed E-state index contributed by atoms with van der Waals surface area (Å²) in [6, 6.07) is 12.1. The van der Waals surface area contributed by atoms with E-state index >= 15 is 0 Å². The van der Waals surface area contributed by atoms with Crippen molar-refractivity contribution in [3.63, 3.8) is 0 Å². The van der Waals surface area contributed by atoms with Crippen LogP contribution in [0.25, 0.3) is 0 Å². The molecule has 3 aromatic rings. The first-order valence-electron chi connectivity index (χ1n) is 10.4. The Hall–Kier alpha value is -2.02. The fourth-order valence-electron chi connectivity index (χ4n) is 3.93. The number of anilines is 2. The van der Waals surface area contributed by atoms with Crippen LogP contribution in [0.5, 0.6) is 0 Å². The molecule has 0 heterocycles. The molecule has 182 valence electrons. The summed E-state index contributed by atoms with van der Waals surface area (Å²) in [5.41, 5.74) is 2.59. The third kappa shape index (κ3) is 5.25. The van der Waals surface area contributed by atoms with Crippen LogP contribution in [-0.2, 0) is 4.79 Å². The molecule has 0 saturated heterocycles. The van der Waals surface area contributed by atoms with E-state index in [-0.39, 0.29) is 16.4 Å². The zero-order chi connectivity index (χ0) is 25.7. The minimum Gasteiger partial charge on any atom is -0.326 e. The fraction of sp³-hybridized carbons (Fsp3) is 0.200. The van der Waals surface area contributed by atoms with Crippen molar-refractivity contribution in [2.45, 2.75) is 24.1 Å². The number of halogens is 6. The van der Waals surface area contributed by atoms with Gasteiger partial charge in [-0.2, -0.15) is 0 Å². The molecule has 1 saturated carbocycles. The second-order valence-corrected chi connectivity index (χ2v) is 11.0. The van der Waals surface area contributed by atoms with Gasteiger partial charge in [0.05, 0.1) is 16.5 Å². The number of hydrogen-bond acceptors (Lipinski definition) is 2. The Labute approximate surface area is 226 Å². The summed E-state index contributed by atoms with van der Waals surface area (Å²) in [7, 11) is 0. The molecule has 1 aliphatic rings. The van der Waals surface area contributed by atoms with E-state index in [4.69, 9.17) is 58.0 Å². The van der Waals surface area contributed by atoms with Crippen molar-refractivity contribution in [1.82, 2.24) is 0 Å². The molecule has 4 nitrogen and oxygen atoms in total. The predicted molar refractivity (Wildman–Crippen MR) is 141 cm³/mol. The molecule has 0 unspecified atom stereocenters. The third-order valence-electron chi connectivity index (χ3n) is 6.03. The second-order valence-electron chi connectivity index (χ2n) is 8.32. The molecule has 0 bridgehead atoms. The summed E-state index contributed by atoms with van der Waals surface area (Å²) in [4.78, 5) is 25.9. The molecule has 0 radical (unpaired) electrons. The smallest absolute Gasteiger partial charge is 0.257 e. The number of benzene rings is 3. The van der Waals surface area contributed by atoms with E-state index in [0.717, 1.165) is 0 Å². The number of rotatable bonds is 5. The van der Waals surface area contributed by atoms with Crippen LogP contribution in [0.1, 0.15) is 33.0 Å². The van der Waals surface area contributed by atoms with Crippen LogP contribution in [0.15, 0.2) is 48.5 Å². The summed E-state index contributed by atoms with van der Waals surface area (Å²) in [5, 5.41) is 6.46. The van der Waals surface area contributed by atoms with Gasteiger partial charge in [-0.05, 0) is 79.1 Å². The SMILES string of the molecule is Cc1c(F)ccc(NC(=O)c2cc(NC(=O)[C@H]3[C@H](c4cc(Cl)cc(Cl)c4)C3(Cl)Cl)ccc2Cl)c1C. The molecule has 35 heavy (non-hydrogen) atoms. The Balaban J connectivity index is 1.52. The summed E-state index contributed by atoms with van der Waals surface area (Å²) >= 11 is 31.2. The zero-order valence-corrected chi connectivity index (χ0v) is 22.1. The molecule has 0 aromatic heterocycles. The summed E-state index contributed by atoms with van der Waals surface area (Å²) in [6.45, 7) is 3.33. The van der Waals surface area contributed by atoms with Gasteiger partial charge < -0.3 is 10.6 Å². The number of hydrogen-bond donors (Lipinski definition) is 2. The normalized spacial score (nSPS) is 18.2. The first kappa shape index (κ1) is 26.1. The average Bonchev–Trinajstić information content (AvgIpc) is 3.36. The van der Waals surface area contributed by atoms with Gasteiger partial charge in [-0.3, -0.25) is 9.59 Å². The fourth-order valence-corrected chi connectivity index (χ4v) is 5.51. The highest BCUT2D eigenvalue weighted by molar-refractivity contribution is 6.53. The van der Waals surface area contributed by atoms with Crippen LogP contribution in [0, 0.1) is 25.6 Å². The van der Waals surface area contributed by atoms with Crippen LogP contribution < -0.4 is 10.6 Å². The monoisotopic (exact) mass is 572 g/mol. The van der Waals surface area contributed by atoms with Crippen molar-refractivity contribution in [2.24, 2.45) is 5.92 Å². The molecule has 2 atom stereocenters. The van der Waals surface area contributed by atoms with E-state index < -0.39 is 28.0 Å². The number of carbonyl (C=O) groups is 2. The Kier molecular flexibility index (Phi) is 7.29. The van der Waals surface area contributed by atoms with E-state index in [0.29, 0.717) is 38.1 Å². The highest BCUT2D eigenvalue weighted by Gasteiger charge is 2.67. The highest BCUT2D eigenvalue weighted by atomic mass is 35.5. The number of carbonyl (C=O) groups excluding carboxylic acids is 2. The van der Waals surface area contributed by atoms with Crippen molar-refractivity contribution in [3.8, 4) is 0 Å². The molecular weight excluding hydrogens is 557 g/mol. The van der Waals surface area contributed by atoms with Crippen LogP contribution in [0.3, 0.4) is 0 Å². The molecule has 4 rings (SSSR count). The quantitative estimate of drug-likeness (QED) is 0.302. The van der Waals surface area contributed by atoms with E-state index in [9.17, 15) is 14.0 Å². The molecule has 1 fully saturated rings. The van der Waals surface area contributed by atoms with E-state index in [1.165, 1.54) is 24.3 Å². The lowest BCUT2D eigenvalue weighted by Gasteiger charge is -2.13. The Morgan fingerprint density at radius 2 is 1.54 bits per heavy atom. The van der Waals surface area contributed by atoms with Gasteiger partial charge in [0.25, 0.3) is 5.91 Å². The standard InChI is InChI=1S/C25H18Cl5FN2O2/c1-11-12(2)20(6-5-19(11)31)33-23(34)17-10-16(3-4-18(17)28)32-24(35)22-21(25(22,29)30)13-7-14(26)9-15(27)8-13/h3-10,21-22H,1-2H3,(H,32,35)(H,33,34)/t21-,22+/m0/s1. The maximum Gasteiger partial charge on any atom is 0.257 e. The summed E-state index contributed by atoms with van der Waals surface area (Å²) < 4.78 is 12.4. The lowest BCUT2D eigenvalue weighted by Crippen LogP contribution is -2.18. The minimum absolute atomic E-state index is 0.128. The zero-order valence-electron chi connectivity index (χ0n) is 18.4. The van der Waals surface area contributed by atoms with Gasteiger partial charge in [-0.25, -0.2) is 4.39 Å². The van der Waals surface area contributed by atoms with Crippen molar-refractivity contribution in [1.29, 1.82) is 0 Å². The number of amides is 2. The van der Waals surface area contributed by atoms with Gasteiger partial charge in [0, 0.05) is 27.3 Å². The van der Waals surface area contributed by atoms with Crippen molar-refractivity contribution in [2.75, 3.05) is 10.6 Å². The molecule has 3 aromatic carbocycles. The van der Waals surface area contributed by atoms with Gasteiger partial charge in [-0.15, -0.1) is 23.2 Å². The number of nitrogens with one attached hydrogen (secondary N) is 2. The number of alkyl halides is 2. The maximum absolute atomic E-state index is 13.8. The van der Waals surface area contributed by atoms with Crippen LogP contribution in [0.4, 0.5) is 15.8 Å². The molecule has 0 spiro atoms. The molecule has 10 heteroatoms. The second kappa shape index (κ2) is 9.79. The molecule has 1 aliphatic carbocycles. The Bertz CT molecular complexity index is 1340. The maximum atomic E-state index is 13.8. The van der Waals surface area contributed by atoms with Crippen molar-refractivity contribution < 1.29 is 14.0 Å². The topological polar surface area (TPSA) is 58.2 Å². The Morgan fingerprint density at radius 1 is 0.886 bits per heavy atom. The lowest BCUT2D eigenvalue weighted by atomic mass is 10.1. The highest BCUT2D eigenvalue weighted by Crippen LogP contribution is 2.65. The summed E-state index contributed by atoms with van der Waals surface area (Å²) in [5.74, 6) is -2.59. The molecule has 0 aliphatic heterocycles. The molecule has 2 amide bonds. The van der Waals surface area contributed by atoms with E-state index in [1.807, 2.05) is 0 Å². The van der Waals surface area contributed by atoms with Crippen LogP contribution in [-0.4, -0.2) is 16.1 Å². The van der Waals surface area contributed by atoms with Crippen molar-refractivity contribution >= 4 is 81.2 Å². The Morgan fingerprint density at radius 3 is 2.20 bits per heavy atom. The first-order chi connectivity index (χ1) is 16.4. The largest absolute Gasteiger partial charge is 0.326 e. The van der Waals surface area contributed by atoms with E-state index in [1.54, 1.807) is 38.1 Å².